The lowest BCUT2D eigenvalue weighted by molar-refractivity contribution is 0.569. The van der Waals surface area contributed by atoms with Crippen LogP contribution in [0.2, 0.25) is 0 Å². The number of benzene rings is 15. The van der Waals surface area contributed by atoms with Gasteiger partial charge in [0.2, 0.25) is 0 Å². The van der Waals surface area contributed by atoms with Gasteiger partial charge in [0.25, 0.3) is 0 Å². The Balaban J connectivity index is 0.979. The van der Waals surface area contributed by atoms with E-state index in [2.05, 4.69) is 260 Å². The van der Waals surface area contributed by atoms with Crippen molar-refractivity contribution < 1.29 is 4.42 Å². The predicted molar refractivity (Wildman–Crippen MR) is 358 cm³/mol. The minimum atomic E-state index is -0.0765. The van der Waals surface area contributed by atoms with Crippen molar-refractivity contribution in [2.45, 2.75) is 52.4 Å². The van der Waals surface area contributed by atoms with Crippen LogP contribution in [0, 0.1) is 0 Å². The summed E-state index contributed by atoms with van der Waals surface area (Å²) in [7, 11) is 0. The highest BCUT2D eigenvalue weighted by atomic mass is 16.3. The fourth-order valence-electron chi connectivity index (χ4n) is 16.0. The summed E-state index contributed by atoms with van der Waals surface area (Å²) < 4.78 is 6.54. The smallest absolute Gasteiger partial charge is 0.135 e. The van der Waals surface area contributed by atoms with Gasteiger partial charge in [-0.1, -0.05) is 230 Å². The van der Waals surface area contributed by atoms with Crippen LogP contribution in [0.3, 0.4) is 0 Å². The Morgan fingerprint density at radius 2 is 0.687 bits per heavy atom. The van der Waals surface area contributed by atoms with E-state index in [1.165, 1.54) is 185 Å². The molecule has 1 aliphatic rings. The lowest BCUT2D eigenvalue weighted by Crippen LogP contribution is -2.16. The summed E-state index contributed by atoms with van der Waals surface area (Å²) in [5.41, 5.74) is 17.2. The molecule has 1 heteroatoms. The van der Waals surface area contributed by atoms with Crippen molar-refractivity contribution in [1.29, 1.82) is 0 Å². The number of fused-ring (bicyclic) bond motifs is 17. The molecule has 19 rings (SSSR count). The first kappa shape index (κ1) is 45.9. The van der Waals surface area contributed by atoms with Crippen molar-refractivity contribution in [2.24, 2.45) is 0 Å². The summed E-state index contributed by atoms with van der Waals surface area (Å²) in [5.74, 6) is 0. The Bertz CT molecular complexity index is 5860. The molecule has 1 aliphatic carbocycles. The van der Waals surface area contributed by atoms with E-state index >= 15 is 0 Å². The van der Waals surface area contributed by atoms with E-state index in [-0.39, 0.29) is 10.8 Å². The average molecular weight is 1060 g/mol. The maximum Gasteiger partial charge on any atom is 0.135 e. The van der Waals surface area contributed by atoms with Gasteiger partial charge in [-0.2, -0.15) is 0 Å². The van der Waals surface area contributed by atoms with Crippen LogP contribution in [0.15, 0.2) is 223 Å². The van der Waals surface area contributed by atoms with Crippen LogP contribution >= 0.6 is 0 Å². The summed E-state index contributed by atoms with van der Waals surface area (Å²) in [6.45, 7) is 14.2. The van der Waals surface area contributed by atoms with E-state index in [9.17, 15) is 0 Å². The molecule has 0 radical (unpaired) electrons. The second-order valence-corrected chi connectivity index (χ2v) is 26.1. The van der Waals surface area contributed by atoms with Crippen molar-refractivity contribution in [3.8, 4) is 55.6 Å². The van der Waals surface area contributed by atoms with E-state index < -0.39 is 0 Å². The second-order valence-electron chi connectivity index (χ2n) is 26.1. The molecule has 0 spiro atoms. The zero-order valence-corrected chi connectivity index (χ0v) is 47.2. The third-order valence-corrected chi connectivity index (χ3v) is 19.7. The quantitative estimate of drug-likeness (QED) is 0.127. The summed E-state index contributed by atoms with van der Waals surface area (Å²) in [5, 5.41) is 31.4. The SMILES string of the molecule is CC(C)(C)c1cc(-c2c3c(c(-c4ccc5oc6ccccc6c5c4)c4cc5ccccc5cc24)-c2ccc4c5ccc6c7c(ccc(c8ccc-3c2c84)c57)c2c(-c3ccccc3)c3cccc4c5ccccc5c(c34)c62)cc(C(C)(C)C)c1. The first-order valence-electron chi connectivity index (χ1n) is 29.6. The highest BCUT2D eigenvalue weighted by Crippen LogP contribution is 2.62. The molecule has 1 aromatic heterocycles. The largest absolute Gasteiger partial charge is 0.456 e. The molecule has 0 N–H and O–H groups in total. The maximum absolute atomic E-state index is 6.54. The number of hydrogen-bond acceptors (Lipinski definition) is 1. The number of para-hydroxylation sites is 1. The van der Waals surface area contributed by atoms with Crippen molar-refractivity contribution in [3.63, 3.8) is 0 Å². The average Bonchev–Trinajstić information content (AvgIpc) is 2.00. The first-order chi connectivity index (χ1) is 40.5. The Hall–Kier alpha value is -9.82. The zero-order valence-electron chi connectivity index (χ0n) is 47.2. The number of furan rings is 1. The monoisotopic (exact) mass is 1050 g/mol. The Morgan fingerprint density at radius 3 is 1.35 bits per heavy atom. The molecule has 0 amide bonds. The van der Waals surface area contributed by atoms with Crippen LogP contribution in [-0.4, -0.2) is 0 Å². The van der Waals surface area contributed by atoms with E-state index in [0.29, 0.717) is 0 Å². The predicted octanol–water partition coefficient (Wildman–Crippen LogP) is 23.8. The molecular weight excluding hydrogens is 1000 g/mol. The molecule has 17 aromatic carbocycles. The fraction of sp³-hybridized carbons (Fsp3) is 0.0976. The maximum atomic E-state index is 6.54. The molecule has 18 aromatic rings. The Morgan fingerprint density at radius 1 is 0.229 bits per heavy atom. The van der Waals surface area contributed by atoms with Crippen molar-refractivity contribution in [3.05, 3.63) is 230 Å². The van der Waals surface area contributed by atoms with Gasteiger partial charge in [-0.05, 0) is 226 Å². The van der Waals surface area contributed by atoms with Crippen LogP contribution < -0.4 is 0 Å². The van der Waals surface area contributed by atoms with Crippen LogP contribution in [0.4, 0.5) is 0 Å². The third kappa shape index (κ3) is 5.87. The molecule has 0 atom stereocenters. The molecule has 0 bridgehead atoms. The van der Waals surface area contributed by atoms with E-state index in [4.69, 9.17) is 4.42 Å². The van der Waals surface area contributed by atoms with Gasteiger partial charge in [-0.15, -0.1) is 0 Å². The van der Waals surface area contributed by atoms with E-state index in [1.807, 2.05) is 0 Å². The highest BCUT2D eigenvalue weighted by molar-refractivity contribution is 6.51. The molecule has 1 heterocycles. The molecule has 388 valence electrons. The van der Waals surface area contributed by atoms with E-state index in [1.54, 1.807) is 0 Å². The second kappa shape index (κ2) is 15.6. The minimum Gasteiger partial charge on any atom is -0.456 e. The van der Waals surface area contributed by atoms with Crippen LogP contribution in [0.25, 0.3) is 196 Å². The molecular formula is C82H54O. The van der Waals surface area contributed by atoms with Gasteiger partial charge in [0.15, 0.2) is 0 Å². The molecule has 0 saturated carbocycles. The van der Waals surface area contributed by atoms with Gasteiger partial charge in [-0.25, -0.2) is 0 Å². The van der Waals surface area contributed by atoms with Crippen LogP contribution in [-0.2, 0) is 10.8 Å². The highest BCUT2D eigenvalue weighted by Gasteiger charge is 2.35. The molecule has 0 unspecified atom stereocenters. The standard InChI is InChI=1S/C82H54O/c1-81(2,3)48-37-47(38-49(42-48)82(4,5)6)70-65-40-45-20-11-10-19-44(45)39-64(65)69(46-27-36-67-63(41-46)51-22-14-15-26-66(51)83-67)78-60-33-29-54-57-31-35-62-75-59(32-28-56(72(57)75)55-30-34-61(79(70)78)74(60)71(54)55)77-68(43-17-8-7-9-18-43)58-25-16-24-52-50-21-12-13-23-53(50)76(73(52)58)80(62)77/h7-42H,1-6H3. The number of rotatable bonds is 3. The molecule has 0 saturated heterocycles. The van der Waals surface area contributed by atoms with E-state index in [0.717, 1.165) is 21.9 Å². The van der Waals surface area contributed by atoms with Crippen molar-refractivity contribution in [2.75, 3.05) is 0 Å². The van der Waals surface area contributed by atoms with Crippen LogP contribution in [0.5, 0.6) is 0 Å². The molecule has 83 heavy (non-hydrogen) atoms. The molecule has 0 aliphatic heterocycles. The van der Waals surface area contributed by atoms with Gasteiger partial charge < -0.3 is 4.42 Å². The summed E-state index contributed by atoms with van der Waals surface area (Å²) >= 11 is 0. The first-order valence-corrected chi connectivity index (χ1v) is 29.6. The van der Waals surface area contributed by atoms with Crippen molar-refractivity contribution >= 4 is 140 Å². The van der Waals surface area contributed by atoms with Crippen LogP contribution in [0.1, 0.15) is 52.7 Å². The normalized spacial score (nSPS) is 13.2. The minimum absolute atomic E-state index is 0.0765. The van der Waals surface area contributed by atoms with Gasteiger partial charge in [0, 0.05) is 10.8 Å². The number of hydrogen-bond donors (Lipinski definition) is 0. The summed E-state index contributed by atoms with van der Waals surface area (Å²) in [4.78, 5) is 0. The van der Waals surface area contributed by atoms with Gasteiger partial charge in [0.05, 0.1) is 0 Å². The molecule has 1 nitrogen and oxygen atoms in total. The van der Waals surface area contributed by atoms with Gasteiger partial charge >= 0.3 is 0 Å². The fourth-order valence-corrected chi connectivity index (χ4v) is 16.0. The lowest BCUT2D eigenvalue weighted by atomic mass is 9.76. The van der Waals surface area contributed by atoms with Gasteiger partial charge in [-0.3, -0.25) is 0 Å². The topological polar surface area (TPSA) is 13.1 Å². The van der Waals surface area contributed by atoms with Gasteiger partial charge in [0.1, 0.15) is 11.2 Å². The van der Waals surface area contributed by atoms with Crippen molar-refractivity contribution in [1.82, 2.24) is 0 Å². The molecule has 0 fully saturated rings. The third-order valence-electron chi connectivity index (χ3n) is 19.7. The Kier molecular flexibility index (Phi) is 8.61. The summed E-state index contributed by atoms with van der Waals surface area (Å²) in [6.07, 6.45) is 0. The lowest BCUT2D eigenvalue weighted by Gasteiger charge is -2.28. The Labute approximate surface area is 479 Å². The summed E-state index contributed by atoms with van der Waals surface area (Å²) in [6, 6.07) is 84.0. The zero-order chi connectivity index (χ0) is 55.1.